The van der Waals surface area contributed by atoms with Gasteiger partial charge in [0.2, 0.25) is 0 Å². The molecule has 202 valence electrons. The third kappa shape index (κ3) is 5.71. The highest BCUT2D eigenvalue weighted by Crippen LogP contribution is 2.30. The summed E-state index contributed by atoms with van der Waals surface area (Å²) in [4.78, 5) is 44.7. The van der Waals surface area contributed by atoms with E-state index in [1.807, 2.05) is 0 Å². The Kier molecular flexibility index (Phi) is 7.48. The predicted molar refractivity (Wildman–Crippen MR) is 139 cm³/mol. The van der Waals surface area contributed by atoms with Crippen molar-refractivity contribution in [2.45, 2.75) is 18.7 Å². The number of pyridine rings is 1. The molecule has 4 heterocycles. The van der Waals surface area contributed by atoms with Crippen LogP contribution in [0.25, 0.3) is 0 Å². The lowest BCUT2D eigenvalue weighted by atomic mass is 10.1. The molecule has 1 fully saturated rings. The molecule has 3 amide bonds. The molecule has 2 aromatic carbocycles. The Bertz CT molecular complexity index is 1380. The van der Waals surface area contributed by atoms with E-state index in [1.165, 1.54) is 20.3 Å². The molecule has 0 radical (unpaired) electrons. The molecule has 11 heteroatoms. The summed E-state index contributed by atoms with van der Waals surface area (Å²) in [7, 11) is 3.01. The van der Waals surface area contributed by atoms with Crippen molar-refractivity contribution in [1.29, 1.82) is 0 Å². The van der Waals surface area contributed by atoms with Gasteiger partial charge in [-0.2, -0.15) is 0 Å². The molecule has 0 saturated carbocycles. The lowest BCUT2D eigenvalue weighted by Crippen LogP contribution is -2.46. The second kappa shape index (κ2) is 11.3. The first-order valence-corrected chi connectivity index (χ1v) is 12.4. The van der Waals surface area contributed by atoms with Gasteiger partial charge < -0.3 is 34.5 Å². The molecule has 0 unspecified atom stereocenters. The summed E-state index contributed by atoms with van der Waals surface area (Å²) in [6, 6.07) is 14.6. The van der Waals surface area contributed by atoms with Crippen molar-refractivity contribution in [2.75, 3.05) is 33.9 Å². The fourth-order valence-corrected chi connectivity index (χ4v) is 4.57. The van der Waals surface area contributed by atoms with E-state index < -0.39 is 18.1 Å². The summed E-state index contributed by atoms with van der Waals surface area (Å²) in [6.07, 6.45) is 1.01. The first kappa shape index (κ1) is 25.8. The topological polar surface area (TPSA) is 128 Å². The molecule has 0 aliphatic carbocycles. The van der Waals surface area contributed by atoms with E-state index >= 15 is 0 Å². The number of fused-ring (bicyclic) bond motifs is 7. The molecule has 39 heavy (non-hydrogen) atoms. The van der Waals surface area contributed by atoms with Gasteiger partial charge in [0.05, 0.1) is 26.8 Å². The van der Waals surface area contributed by atoms with Gasteiger partial charge in [0.15, 0.2) is 18.1 Å². The van der Waals surface area contributed by atoms with Gasteiger partial charge in [0.25, 0.3) is 17.7 Å². The van der Waals surface area contributed by atoms with Gasteiger partial charge >= 0.3 is 0 Å². The first-order chi connectivity index (χ1) is 18.9. The average Bonchev–Trinajstić information content (AvgIpc) is 3.36. The van der Waals surface area contributed by atoms with Crippen LogP contribution in [0.4, 0.5) is 0 Å². The number of hydrogen-bond acceptors (Lipinski definition) is 8. The summed E-state index contributed by atoms with van der Waals surface area (Å²) in [5, 5.41) is 5.80. The number of carbonyl (C=O) groups excluding carboxylic acids is 3. The summed E-state index contributed by atoms with van der Waals surface area (Å²) in [5.74, 6) is 0.636. The quantitative estimate of drug-likeness (QED) is 0.523. The highest BCUT2D eigenvalue weighted by atomic mass is 16.5. The molecular weight excluding hydrogens is 504 g/mol. The normalized spacial score (nSPS) is 19.1. The van der Waals surface area contributed by atoms with E-state index in [4.69, 9.17) is 18.9 Å². The number of likely N-dealkylation sites (tertiary alicyclic amines) is 1. The van der Waals surface area contributed by atoms with E-state index in [-0.39, 0.29) is 43.8 Å². The second-order valence-corrected chi connectivity index (χ2v) is 9.07. The predicted octanol–water partition coefficient (Wildman–Crippen LogP) is 1.81. The molecule has 11 nitrogen and oxygen atoms in total. The molecule has 3 aliphatic heterocycles. The van der Waals surface area contributed by atoms with Gasteiger partial charge in [-0.3, -0.25) is 19.4 Å². The van der Waals surface area contributed by atoms with Crippen molar-refractivity contribution in [3.63, 3.8) is 0 Å². The van der Waals surface area contributed by atoms with Gasteiger partial charge in [-0.1, -0.05) is 6.07 Å². The zero-order chi connectivity index (χ0) is 27.4. The van der Waals surface area contributed by atoms with Crippen molar-refractivity contribution >= 4 is 17.7 Å². The van der Waals surface area contributed by atoms with Crippen LogP contribution in [-0.2, 0) is 11.3 Å². The standard InChI is InChI=1S/C28H28N4O7/c1-36-22-9-7-17-11-24(22)38-16-26(33)31-21-14-32(28(35)20-5-3-4-10-29-20)15-25(21)39-19-8-6-18(13-30-27(17)34)23(12-19)37-2/h3-12,21,25H,13-16H2,1-2H3,(H,30,34)(H,31,33)/t21-,25-/m1/s1. The van der Waals surface area contributed by atoms with Crippen molar-refractivity contribution in [2.24, 2.45) is 0 Å². The summed E-state index contributed by atoms with van der Waals surface area (Å²) < 4.78 is 22.9. The third-order valence-electron chi connectivity index (χ3n) is 6.55. The van der Waals surface area contributed by atoms with E-state index in [0.717, 1.165) is 5.56 Å². The molecule has 4 bridgehead atoms. The number of hydrogen-bond donors (Lipinski definition) is 2. The number of rotatable bonds is 3. The lowest BCUT2D eigenvalue weighted by molar-refractivity contribution is -0.124. The van der Waals surface area contributed by atoms with Crippen LogP contribution in [0.1, 0.15) is 26.4 Å². The maximum atomic E-state index is 13.1. The smallest absolute Gasteiger partial charge is 0.272 e. The lowest BCUT2D eigenvalue weighted by Gasteiger charge is -2.22. The maximum Gasteiger partial charge on any atom is 0.272 e. The van der Waals surface area contributed by atoms with Crippen LogP contribution in [0.2, 0.25) is 0 Å². The van der Waals surface area contributed by atoms with E-state index in [2.05, 4.69) is 15.6 Å². The van der Waals surface area contributed by atoms with E-state index in [1.54, 1.807) is 59.6 Å². The summed E-state index contributed by atoms with van der Waals surface area (Å²) >= 11 is 0. The van der Waals surface area contributed by atoms with E-state index in [0.29, 0.717) is 28.5 Å². The van der Waals surface area contributed by atoms with Gasteiger partial charge in [0, 0.05) is 36.5 Å². The number of amides is 3. The largest absolute Gasteiger partial charge is 0.496 e. The Morgan fingerprint density at radius 2 is 1.87 bits per heavy atom. The van der Waals surface area contributed by atoms with Crippen LogP contribution in [0.15, 0.2) is 60.8 Å². The Balaban J connectivity index is 1.46. The number of benzene rings is 2. The van der Waals surface area contributed by atoms with Crippen LogP contribution in [0.3, 0.4) is 0 Å². The molecule has 3 aliphatic rings. The van der Waals surface area contributed by atoms with Crippen molar-refractivity contribution in [1.82, 2.24) is 20.5 Å². The van der Waals surface area contributed by atoms with Gasteiger partial charge in [0.1, 0.15) is 23.3 Å². The van der Waals surface area contributed by atoms with Crippen LogP contribution in [0.5, 0.6) is 23.0 Å². The SMILES string of the molecule is COc1cc2ccc1CNC(=O)c1ccc(OC)c(c1)OCC(=O)N[C@@H]1CN(C(=O)c3ccccn3)C[C@H]1O2. The highest BCUT2D eigenvalue weighted by Gasteiger charge is 2.38. The van der Waals surface area contributed by atoms with E-state index in [9.17, 15) is 14.4 Å². The molecule has 2 N–H and O–H groups in total. The second-order valence-electron chi connectivity index (χ2n) is 9.07. The molecule has 3 aromatic rings. The number of ether oxygens (including phenoxy) is 4. The van der Waals surface area contributed by atoms with Crippen LogP contribution >= 0.6 is 0 Å². The minimum absolute atomic E-state index is 0.211. The molecule has 0 spiro atoms. The Labute approximate surface area is 225 Å². The summed E-state index contributed by atoms with van der Waals surface area (Å²) in [6.45, 7) is 0.333. The first-order valence-electron chi connectivity index (χ1n) is 12.4. The summed E-state index contributed by atoms with van der Waals surface area (Å²) in [5.41, 5.74) is 1.39. The van der Waals surface area contributed by atoms with Gasteiger partial charge in [-0.25, -0.2) is 0 Å². The van der Waals surface area contributed by atoms with Crippen LogP contribution in [-0.4, -0.2) is 73.7 Å². The maximum absolute atomic E-state index is 13.1. The van der Waals surface area contributed by atoms with Crippen molar-refractivity contribution in [3.8, 4) is 23.0 Å². The molecule has 1 saturated heterocycles. The monoisotopic (exact) mass is 532 g/mol. The zero-order valence-electron chi connectivity index (χ0n) is 21.5. The van der Waals surface area contributed by atoms with Crippen LogP contribution < -0.4 is 29.6 Å². The van der Waals surface area contributed by atoms with Crippen molar-refractivity contribution in [3.05, 3.63) is 77.6 Å². The van der Waals surface area contributed by atoms with Gasteiger partial charge in [-0.05, 0) is 42.5 Å². The van der Waals surface area contributed by atoms with Gasteiger partial charge in [-0.15, -0.1) is 0 Å². The fourth-order valence-electron chi connectivity index (χ4n) is 4.57. The molecule has 2 atom stereocenters. The highest BCUT2D eigenvalue weighted by molar-refractivity contribution is 5.95. The zero-order valence-corrected chi connectivity index (χ0v) is 21.5. The molecule has 1 aromatic heterocycles. The third-order valence-corrected chi connectivity index (χ3v) is 6.55. The molecular formula is C28H28N4O7. The van der Waals surface area contributed by atoms with Crippen LogP contribution in [0, 0.1) is 0 Å². The Morgan fingerprint density at radius 1 is 1.03 bits per heavy atom. The fraction of sp³-hybridized carbons (Fsp3) is 0.286. The minimum Gasteiger partial charge on any atom is -0.496 e. The number of methoxy groups -OCH3 is 2. The average molecular weight is 533 g/mol. The number of nitrogens with zero attached hydrogens (tertiary/aromatic N) is 2. The number of aromatic nitrogens is 1. The Hall–Kier alpha value is -4.80. The minimum atomic E-state index is -0.551. The number of carbonyl (C=O) groups is 3. The Morgan fingerprint density at radius 3 is 2.64 bits per heavy atom. The van der Waals surface area contributed by atoms with Crippen molar-refractivity contribution < 1.29 is 33.3 Å². The number of nitrogens with one attached hydrogen (secondary N) is 2. The molecule has 6 rings (SSSR count).